The number of esters is 1. The molecule has 0 aromatic heterocycles. The lowest BCUT2D eigenvalue weighted by molar-refractivity contribution is -0.147. The van der Waals surface area contributed by atoms with Gasteiger partial charge in [-0.05, 0) is 54.1 Å². The van der Waals surface area contributed by atoms with E-state index in [-0.39, 0.29) is 28.9 Å². The van der Waals surface area contributed by atoms with Crippen molar-refractivity contribution in [2.75, 3.05) is 0 Å². The van der Waals surface area contributed by atoms with Crippen LogP contribution in [0.5, 0.6) is 0 Å². The van der Waals surface area contributed by atoms with Gasteiger partial charge in [-0.3, -0.25) is 4.79 Å². The van der Waals surface area contributed by atoms with Crippen molar-refractivity contribution >= 4 is 5.97 Å². The van der Waals surface area contributed by atoms with Crippen LogP contribution < -0.4 is 5.73 Å². The average Bonchev–Trinajstić information content (AvgIpc) is 2.79. The quantitative estimate of drug-likeness (QED) is 0.567. The minimum absolute atomic E-state index is 0.0150. The van der Waals surface area contributed by atoms with Crippen molar-refractivity contribution in [2.45, 2.75) is 58.3 Å². The summed E-state index contributed by atoms with van der Waals surface area (Å²) in [6.45, 7) is 6.05. The molecule has 25 heavy (non-hydrogen) atoms. The third-order valence-corrected chi connectivity index (χ3v) is 7.62. The molecular weight excluding hydrogens is 314 g/mol. The van der Waals surface area contributed by atoms with E-state index < -0.39 is 6.10 Å². The molecule has 0 aliphatic heterocycles. The molecule has 4 heteroatoms. The predicted molar refractivity (Wildman–Crippen MR) is 96.4 cm³/mol. The molecule has 0 radical (unpaired) electrons. The largest absolute Gasteiger partial charge is 0.461 e. The van der Waals surface area contributed by atoms with Crippen molar-refractivity contribution in [3.8, 4) is 0 Å². The zero-order valence-corrected chi connectivity index (χ0v) is 15.3. The number of hydrogen-bond acceptors (Lipinski definition) is 4. The highest BCUT2D eigenvalue weighted by atomic mass is 16.5. The first kappa shape index (κ1) is 17.0. The van der Waals surface area contributed by atoms with Crippen molar-refractivity contribution in [3.63, 3.8) is 0 Å². The van der Waals surface area contributed by atoms with E-state index in [1.54, 1.807) is 0 Å². The monoisotopic (exact) mass is 343 g/mol. The summed E-state index contributed by atoms with van der Waals surface area (Å²) in [6.07, 6.45) is 13.0. The van der Waals surface area contributed by atoms with Crippen LogP contribution in [-0.2, 0) is 9.53 Å². The maximum absolute atomic E-state index is 11.5. The third kappa shape index (κ3) is 2.37. The summed E-state index contributed by atoms with van der Waals surface area (Å²) in [4.78, 5) is 11.5. The molecule has 4 rings (SSSR count). The van der Waals surface area contributed by atoms with Gasteiger partial charge in [0.2, 0.25) is 0 Å². The Kier molecular flexibility index (Phi) is 3.79. The molecule has 4 aliphatic carbocycles. The second kappa shape index (κ2) is 5.55. The standard InChI is InChI=1S/C21H29NO3/c1-12(23)25-18-11-17-15-5-4-13-10-14(24)6-8-20(13,2)16(15)7-9-21(17,3)19(18)22/h4-6,8,10,14-19,24H,7,9,11,22H2,1-3H3/t14?,15-,16-,17+,18?,19?,20+,21+/m1/s1. The molecule has 0 amide bonds. The van der Waals surface area contributed by atoms with Gasteiger partial charge in [-0.15, -0.1) is 0 Å². The van der Waals surface area contributed by atoms with Gasteiger partial charge in [-0.2, -0.15) is 0 Å². The van der Waals surface area contributed by atoms with Crippen molar-refractivity contribution in [1.82, 2.24) is 0 Å². The van der Waals surface area contributed by atoms with E-state index in [0.717, 1.165) is 19.3 Å². The van der Waals surface area contributed by atoms with Gasteiger partial charge in [0.25, 0.3) is 0 Å². The van der Waals surface area contributed by atoms with E-state index in [9.17, 15) is 9.90 Å². The van der Waals surface area contributed by atoms with Gasteiger partial charge in [0.1, 0.15) is 6.10 Å². The maximum atomic E-state index is 11.5. The molecule has 0 aromatic carbocycles. The molecule has 0 saturated heterocycles. The molecule has 0 spiro atoms. The Morgan fingerprint density at radius 2 is 2.08 bits per heavy atom. The van der Waals surface area contributed by atoms with Gasteiger partial charge in [0.05, 0.1) is 6.10 Å². The third-order valence-electron chi connectivity index (χ3n) is 7.62. The normalized spacial score (nSPS) is 50.5. The van der Waals surface area contributed by atoms with Crippen LogP contribution >= 0.6 is 0 Å². The summed E-state index contributed by atoms with van der Waals surface area (Å²) < 4.78 is 5.56. The molecule has 3 unspecified atom stereocenters. The Balaban J connectivity index is 1.69. The minimum Gasteiger partial charge on any atom is -0.461 e. The Morgan fingerprint density at radius 3 is 2.80 bits per heavy atom. The number of aliphatic hydroxyl groups is 1. The van der Waals surface area contributed by atoms with Crippen LogP contribution in [0.3, 0.4) is 0 Å². The first-order valence-electron chi connectivity index (χ1n) is 9.46. The number of carbonyl (C=O) groups excluding carboxylic acids is 1. The molecule has 136 valence electrons. The fourth-order valence-electron chi connectivity index (χ4n) is 6.13. The van der Waals surface area contributed by atoms with Gasteiger partial charge in [-0.1, -0.05) is 38.2 Å². The first-order chi connectivity index (χ1) is 11.8. The molecule has 4 nitrogen and oxygen atoms in total. The summed E-state index contributed by atoms with van der Waals surface area (Å²) in [5.41, 5.74) is 7.78. The van der Waals surface area contributed by atoms with Crippen LogP contribution in [-0.4, -0.2) is 29.3 Å². The fraction of sp³-hybridized carbons (Fsp3) is 0.667. The zero-order valence-electron chi connectivity index (χ0n) is 15.3. The number of nitrogens with two attached hydrogens (primary N) is 1. The van der Waals surface area contributed by atoms with E-state index in [0.29, 0.717) is 17.8 Å². The Hall–Kier alpha value is -1.39. The lowest BCUT2D eigenvalue weighted by Gasteiger charge is -2.54. The number of carbonyl (C=O) groups is 1. The minimum atomic E-state index is -0.480. The summed E-state index contributed by atoms with van der Waals surface area (Å²) in [6, 6.07) is -0.0933. The van der Waals surface area contributed by atoms with Crippen LogP contribution in [0.1, 0.15) is 40.0 Å². The van der Waals surface area contributed by atoms with E-state index >= 15 is 0 Å². The number of rotatable bonds is 1. The van der Waals surface area contributed by atoms with E-state index in [1.165, 1.54) is 12.5 Å². The highest BCUT2D eigenvalue weighted by molar-refractivity contribution is 5.66. The van der Waals surface area contributed by atoms with Crippen molar-refractivity contribution in [2.24, 2.45) is 34.3 Å². The highest BCUT2D eigenvalue weighted by Crippen LogP contribution is 2.62. The molecule has 3 N–H and O–H groups in total. The molecule has 2 saturated carbocycles. The van der Waals surface area contributed by atoms with E-state index in [2.05, 4.69) is 32.1 Å². The molecule has 0 aromatic rings. The van der Waals surface area contributed by atoms with Crippen LogP contribution in [0.25, 0.3) is 0 Å². The summed E-state index contributed by atoms with van der Waals surface area (Å²) in [5, 5.41) is 9.94. The summed E-state index contributed by atoms with van der Waals surface area (Å²) in [7, 11) is 0. The Labute approximate surface area is 149 Å². The number of aliphatic hydroxyl groups excluding tert-OH is 1. The van der Waals surface area contributed by atoms with E-state index in [1.807, 2.05) is 12.2 Å². The molecular formula is C21H29NO3. The van der Waals surface area contributed by atoms with Gasteiger partial charge >= 0.3 is 5.97 Å². The second-order valence-corrected chi connectivity index (χ2v) is 8.86. The van der Waals surface area contributed by atoms with Crippen molar-refractivity contribution in [3.05, 3.63) is 36.0 Å². The molecule has 0 bridgehead atoms. The lowest BCUT2D eigenvalue weighted by atomic mass is 9.50. The summed E-state index contributed by atoms with van der Waals surface area (Å²) in [5.74, 6) is 1.14. The van der Waals surface area contributed by atoms with Gasteiger partial charge < -0.3 is 15.6 Å². The fourth-order valence-corrected chi connectivity index (χ4v) is 6.13. The Morgan fingerprint density at radius 1 is 1.32 bits per heavy atom. The first-order valence-corrected chi connectivity index (χ1v) is 9.46. The molecule has 4 aliphatic rings. The SMILES string of the molecule is CC(=O)OC1C[C@H]2[C@@H]3C=CC4=CC(O)C=C[C@]4(C)[C@@H]3CC[C@]2(C)C1N. The number of allylic oxidation sites excluding steroid dienone is 4. The van der Waals surface area contributed by atoms with Crippen molar-refractivity contribution in [1.29, 1.82) is 0 Å². The van der Waals surface area contributed by atoms with Crippen molar-refractivity contribution < 1.29 is 14.6 Å². The Bertz CT molecular complexity index is 681. The summed E-state index contributed by atoms with van der Waals surface area (Å²) >= 11 is 0. The predicted octanol–water partition coefficient (Wildman–Crippen LogP) is 2.73. The van der Waals surface area contributed by atoms with Crippen LogP contribution in [0.2, 0.25) is 0 Å². The van der Waals surface area contributed by atoms with Crippen LogP contribution in [0.15, 0.2) is 36.0 Å². The molecule has 8 atom stereocenters. The van der Waals surface area contributed by atoms with Gasteiger partial charge in [0.15, 0.2) is 0 Å². The molecule has 2 fully saturated rings. The van der Waals surface area contributed by atoms with Crippen LogP contribution in [0.4, 0.5) is 0 Å². The maximum Gasteiger partial charge on any atom is 0.302 e. The van der Waals surface area contributed by atoms with Gasteiger partial charge in [-0.25, -0.2) is 0 Å². The number of fused-ring (bicyclic) bond motifs is 5. The molecule has 0 heterocycles. The average molecular weight is 343 g/mol. The van der Waals surface area contributed by atoms with E-state index in [4.69, 9.17) is 10.5 Å². The lowest BCUT2D eigenvalue weighted by Crippen LogP contribution is -2.51. The number of hydrogen-bond donors (Lipinski definition) is 2. The smallest absolute Gasteiger partial charge is 0.302 e. The second-order valence-electron chi connectivity index (χ2n) is 8.86. The zero-order chi connectivity index (χ0) is 18.0. The topological polar surface area (TPSA) is 72.5 Å². The van der Waals surface area contributed by atoms with Crippen LogP contribution in [0, 0.1) is 28.6 Å². The van der Waals surface area contributed by atoms with Gasteiger partial charge in [0, 0.05) is 18.4 Å². The highest BCUT2D eigenvalue weighted by Gasteiger charge is 2.60. The number of ether oxygens (including phenoxy) is 1.